The molecule has 154 valence electrons. The number of aromatic amines is 1. The summed E-state index contributed by atoms with van der Waals surface area (Å²) < 4.78 is 1.56. The number of amides is 2. The van der Waals surface area contributed by atoms with Crippen LogP contribution in [0.3, 0.4) is 0 Å². The second-order valence-corrected chi connectivity index (χ2v) is 7.22. The minimum absolute atomic E-state index is 0.113. The third kappa shape index (κ3) is 3.46. The number of carbonyl (C=O) groups excluding carboxylic acids is 2. The predicted molar refractivity (Wildman–Crippen MR) is 115 cm³/mol. The van der Waals surface area contributed by atoms with Crippen LogP contribution in [0.15, 0.2) is 65.8 Å². The maximum atomic E-state index is 12.6. The van der Waals surface area contributed by atoms with E-state index in [9.17, 15) is 14.4 Å². The van der Waals surface area contributed by atoms with Crippen LogP contribution in [-0.2, 0) is 4.79 Å². The van der Waals surface area contributed by atoms with Crippen molar-refractivity contribution in [1.29, 1.82) is 0 Å². The molecule has 2 N–H and O–H groups in total. The van der Waals surface area contributed by atoms with Gasteiger partial charge in [0.05, 0.1) is 18.2 Å². The van der Waals surface area contributed by atoms with Gasteiger partial charge in [-0.3, -0.25) is 14.4 Å². The van der Waals surface area contributed by atoms with Crippen molar-refractivity contribution in [3.8, 4) is 5.69 Å². The van der Waals surface area contributed by atoms with Crippen molar-refractivity contribution in [3.05, 3.63) is 77.0 Å². The monoisotopic (exact) mass is 414 g/mol. The molecule has 0 radical (unpaired) electrons. The van der Waals surface area contributed by atoms with Crippen molar-refractivity contribution in [2.45, 2.75) is 12.8 Å². The molecular formula is C22H18N6O3. The molecule has 0 bridgehead atoms. The molecule has 4 aromatic rings. The summed E-state index contributed by atoms with van der Waals surface area (Å²) in [5.41, 5.74) is 2.85. The van der Waals surface area contributed by atoms with E-state index in [1.165, 1.54) is 12.5 Å². The Morgan fingerprint density at radius 2 is 1.74 bits per heavy atom. The fourth-order valence-electron chi connectivity index (χ4n) is 3.65. The van der Waals surface area contributed by atoms with E-state index in [1.54, 1.807) is 58.1 Å². The van der Waals surface area contributed by atoms with E-state index in [2.05, 4.69) is 20.4 Å². The predicted octanol–water partition coefficient (Wildman–Crippen LogP) is 2.49. The van der Waals surface area contributed by atoms with Crippen LogP contribution in [0, 0.1) is 0 Å². The fraction of sp³-hybridized carbons (Fsp3) is 0.136. The van der Waals surface area contributed by atoms with Crippen LogP contribution in [0.2, 0.25) is 0 Å². The third-order valence-electron chi connectivity index (χ3n) is 5.26. The number of fused-ring (bicyclic) bond motifs is 1. The van der Waals surface area contributed by atoms with Crippen LogP contribution < -0.4 is 15.8 Å². The number of nitrogens with zero attached hydrogens (tertiary/aromatic N) is 4. The van der Waals surface area contributed by atoms with E-state index in [1.807, 2.05) is 0 Å². The summed E-state index contributed by atoms with van der Waals surface area (Å²) in [7, 11) is 0. The zero-order valence-electron chi connectivity index (χ0n) is 16.4. The molecule has 1 saturated heterocycles. The normalized spacial score (nSPS) is 13.7. The topological polar surface area (TPSA) is 113 Å². The summed E-state index contributed by atoms with van der Waals surface area (Å²) in [6.07, 6.45) is 4.23. The highest BCUT2D eigenvalue weighted by molar-refractivity contribution is 6.05. The number of carbonyl (C=O) groups is 2. The Bertz CT molecular complexity index is 1340. The Morgan fingerprint density at radius 3 is 2.45 bits per heavy atom. The minimum Gasteiger partial charge on any atom is -0.322 e. The van der Waals surface area contributed by atoms with E-state index < -0.39 is 0 Å². The molecule has 2 aromatic heterocycles. The highest BCUT2D eigenvalue weighted by Crippen LogP contribution is 2.22. The minimum atomic E-state index is -0.250. The quantitative estimate of drug-likeness (QED) is 0.533. The molecule has 1 fully saturated rings. The number of hydrogen-bond donors (Lipinski definition) is 2. The van der Waals surface area contributed by atoms with Gasteiger partial charge in [-0.25, -0.2) is 9.67 Å². The molecule has 0 atom stereocenters. The van der Waals surface area contributed by atoms with Crippen molar-refractivity contribution in [3.63, 3.8) is 0 Å². The third-order valence-corrected chi connectivity index (χ3v) is 5.26. The van der Waals surface area contributed by atoms with Gasteiger partial charge in [-0.05, 0) is 55.0 Å². The van der Waals surface area contributed by atoms with Gasteiger partial charge in [0.15, 0.2) is 5.65 Å². The number of benzene rings is 2. The lowest BCUT2D eigenvalue weighted by atomic mass is 10.1. The molecule has 0 saturated carbocycles. The van der Waals surface area contributed by atoms with Crippen LogP contribution in [0.4, 0.5) is 11.4 Å². The number of aromatic nitrogens is 4. The average molecular weight is 414 g/mol. The van der Waals surface area contributed by atoms with Gasteiger partial charge in [-0.1, -0.05) is 0 Å². The van der Waals surface area contributed by atoms with Crippen molar-refractivity contribution < 1.29 is 9.59 Å². The first-order valence-electron chi connectivity index (χ1n) is 9.84. The molecule has 1 aliphatic rings. The molecule has 2 aromatic carbocycles. The van der Waals surface area contributed by atoms with E-state index in [0.29, 0.717) is 40.9 Å². The van der Waals surface area contributed by atoms with Gasteiger partial charge in [-0.15, -0.1) is 0 Å². The lowest BCUT2D eigenvalue weighted by molar-refractivity contribution is -0.117. The van der Waals surface area contributed by atoms with Gasteiger partial charge in [0.1, 0.15) is 5.39 Å². The number of H-pyrrole nitrogens is 1. The van der Waals surface area contributed by atoms with Crippen LogP contribution in [-0.4, -0.2) is 38.1 Å². The summed E-state index contributed by atoms with van der Waals surface area (Å²) in [5.74, 6) is -0.133. The van der Waals surface area contributed by atoms with Gasteiger partial charge < -0.3 is 15.2 Å². The number of anilines is 2. The van der Waals surface area contributed by atoms with E-state index in [0.717, 1.165) is 12.1 Å². The summed E-state index contributed by atoms with van der Waals surface area (Å²) in [6.45, 7) is 0.714. The number of rotatable bonds is 4. The lowest BCUT2D eigenvalue weighted by Gasteiger charge is -2.15. The molecule has 9 heteroatoms. The molecule has 2 amide bonds. The Morgan fingerprint density at radius 1 is 1.00 bits per heavy atom. The van der Waals surface area contributed by atoms with Gasteiger partial charge >= 0.3 is 0 Å². The maximum absolute atomic E-state index is 12.6. The number of hydrogen-bond acceptors (Lipinski definition) is 5. The molecule has 1 aliphatic heterocycles. The molecular weight excluding hydrogens is 396 g/mol. The van der Waals surface area contributed by atoms with E-state index in [-0.39, 0.29) is 17.4 Å². The van der Waals surface area contributed by atoms with Gasteiger partial charge in [0.25, 0.3) is 11.5 Å². The van der Waals surface area contributed by atoms with E-state index in [4.69, 9.17) is 0 Å². The summed E-state index contributed by atoms with van der Waals surface area (Å²) in [6, 6.07) is 14.1. The summed E-state index contributed by atoms with van der Waals surface area (Å²) in [4.78, 5) is 44.7. The Kier molecular flexibility index (Phi) is 4.55. The van der Waals surface area contributed by atoms with Gasteiger partial charge in [0.2, 0.25) is 5.91 Å². The highest BCUT2D eigenvalue weighted by Gasteiger charge is 2.21. The fourth-order valence-corrected chi connectivity index (χ4v) is 3.65. The molecule has 9 nitrogen and oxygen atoms in total. The Hall–Kier alpha value is -4.27. The van der Waals surface area contributed by atoms with Crippen molar-refractivity contribution >= 4 is 34.2 Å². The lowest BCUT2D eigenvalue weighted by Crippen LogP contribution is -2.23. The molecule has 0 unspecified atom stereocenters. The standard InChI is InChI=1S/C22H18N6O3/c29-19-2-1-11-27(19)16-7-3-14(4-8-16)21(30)26-15-5-9-17(10-6-15)28-20-18(12-25-28)22(31)24-13-23-20/h3-10,12-13H,1-2,11H2,(H,26,30)(H,23,24,31). The van der Waals surface area contributed by atoms with Crippen molar-refractivity contribution in [2.24, 2.45) is 0 Å². The molecule has 31 heavy (non-hydrogen) atoms. The molecule has 5 rings (SSSR count). The van der Waals surface area contributed by atoms with Crippen LogP contribution in [0.1, 0.15) is 23.2 Å². The van der Waals surface area contributed by atoms with Crippen LogP contribution in [0.5, 0.6) is 0 Å². The SMILES string of the molecule is O=C(Nc1ccc(-n2ncc3c(=O)[nH]cnc32)cc1)c1ccc(N2CCCC2=O)cc1. The molecule has 3 heterocycles. The van der Waals surface area contributed by atoms with Crippen LogP contribution in [0.25, 0.3) is 16.7 Å². The average Bonchev–Trinajstić information content (AvgIpc) is 3.41. The maximum Gasteiger partial charge on any atom is 0.261 e. The molecule has 0 spiro atoms. The largest absolute Gasteiger partial charge is 0.322 e. The van der Waals surface area contributed by atoms with Gasteiger partial charge in [-0.2, -0.15) is 5.10 Å². The highest BCUT2D eigenvalue weighted by atomic mass is 16.2. The molecule has 0 aliphatic carbocycles. The van der Waals surface area contributed by atoms with E-state index >= 15 is 0 Å². The first-order valence-corrected chi connectivity index (χ1v) is 9.84. The Labute approximate surface area is 176 Å². The smallest absolute Gasteiger partial charge is 0.261 e. The zero-order valence-corrected chi connectivity index (χ0v) is 16.4. The second kappa shape index (κ2) is 7.52. The summed E-state index contributed by atoms with van der Waals surface area (Å²) in [5, 5.41) is 7.49. The first-order chi connectivity index (χ1) is 15.1. The van der Waals surface area contributed by atoms with Crippen molar-refractivity contribution in [1.82, 2.24) is 19.7 Å². The Balaban J connectivity index is 1.31. The number of nitrogens with one attached hydrogen (secondary N) is 2. The second-order valence-electron chi connectivity index (χ2n) is 7.22. The first kappa shape index (κ1) is 18.7. The van der Waals surface area contributed by atoms with Crippen molar-refractivity contribution in [2.75, 3.05) is 16.8 Å². The summed E-state index contributed by atoms with van der Waals surface area (Å²) >= 11 is 0. The zero-order chi connectivity index (χ0) is 21.4. The van der Waals surface area contributed by atoms with Gasteiger partial charge in [0, 0.05) is 29.9 Å². The van der Waals surface area contributed by atoms with Crippen LogP contribution >= 0.6 is 0 Å².